The molecule has 0 heterocycles. The number of ether oxygens (including phenoxy) is 2. The van der Waals surface area contributed by atoms with Crippen molar-refractivity contribution in [3.8, 4) is 11.5 Å². The standard InChI is InChI=1S/C15H19F2NO2/c1-2-19-14-10-11(4-3-9-18-12-6-7-12)5-8-13(14)20-15(16)17/h3-5,8,10,12,15,18H,2,6-7,9H2,1H3. The zero-order chi connectivity index (χ0) is 14.4. The Labute approximate surface area is 117 Å². The lowest BCUT2D eigenvalue weighted by Crippen LogP contribution is -2.15. The summed E-state index contributed by atoms with van der Waals surface area (Å²) in [5.41, 5.74) is 0.896. The number of nitrogens with one attached hydrogen (secondary N) is 1. The lowest BCUT2D eigenvalue weighted by Gasteiger charge is -2.11. The molecule has 1 aliphatic carbocycles. The fraction of sp³-hybridized carbons (Fsp3) is 0.467. The summed E-state index contributed by atoms with van der Waals surface area (Å²) in [6, 6.07) is 5.61. The molecule has 0 amide bonds. The molecular weight excluding hydrogens is 264 g/mol. The molecule has 1 fully saturated rings. The van der Waals surface area contributed by atoms with Crippen LogP contribution in [0.25, 0.3) is 6.08 Å². The topological polar surface area (TPSA) is 30.5 Å². The van der Waals surface area contributed by atoms with Gasteiger partial charge in [-0.15, -0.1) is 0 Å². The number of hydrogen-bond donors (Lipinski definition) is 1. The van der Waals surface area contributed by atoms with E-state index in [4.69, 9.17) is 4.74 Å². The van der Waals surface area contributed by atoms with E-state index < -0.39 is 6.61 Å². The normalized spacial score (nSPS) is 15.0. The fourth-order valence-corrected chi connectivity index (χ4v) is 1.81. The number of alkyl halides is 2. The first-order chi connectivity index (χ1) is 9.69. The maximum atomic E-state index is 12.3. The summed E-state index contributed by atoms with van der Waals surface area (Å²) in [5, 5.41) is 3.36. The van der Waals surface area contributed by atoms with Crippen molar-refractivity contribution >= 4 is 6.08 Å². The zero-order valence-corrected chi connectivity index (χ0v) is 11.4. The summed E-state index contributed by atoms with van der Waals surface area (Å²) in [4.78, 5) is 0. The van der Waals surface area contributed by atoms with Crippen LogP contribution in [0.4, 0.5) is 8.78 Å². The van der Waals surface area contributed by atoms with E-state index in [1.807, 2.05) is 12.2 Å². The minimum atomic E-state index is -2.85. The van der Waals surface area contributed by atoms with Gasteiger partial charge >= 0.3 is 6.61 Å². The van der Waals surface area contributed by atoms with E-state index in [-0.39, 0.29) is 5.75 Å². The molecule has 2 rings (SSSR count). The molecule has 0 spiro atoms. The van der Waals surface area contributed by atoms with Gasteiger partial charge in [0.1, 0.15) is 0 Å². The van der Waals surface area contributed by atoms with Gasteiger partial charge in [-0.05, 0) is 37.5 Å². The van der Waals surface area contributed by atoms with Crippen LogP contribution in [0.3, 0.4) is 0 Å². The predicted molar refractivity (Wildman–Crippen MR) is 74.3 cm³/mol. The fourth-order valence-electron chi connectivity index (χ4n) is 1.81. The summed E-state index contributed by atoms with van der Waals surface area (Å²) in [6.45, 7) is 0.159. The molecule has 0 aromatic heterocycles. The van der Waals surface area contributed by atoms with Gasteiger partial charge in [0.2, 0.25) is 0 Å². The van der Waals surface area contributed by atoms with E-state index in [0.29, 0.717) is 18.4 Å². The molecule has 0 saturated heterocycles. The molecule has 1 aliphatic rings. The van der Waals surface area contributed by atoms with Gasteiger partial charge in [-0.2, -0.15) is 8.78 Å². The van der Waals surface area contributed by atoms with E-state index >= 15 is 0 Å². The second-order valence-corrected chi connectivity index (χ2v) is 4.60. The SMILES string of the molecule is CCOc1cc(C=CCNC2CC2)ccc1OC(F)F. The summed E-state index contributed by atoms with van der Waals surface area (Å²) in [6.07, 6.45) is 6.45. The Hall–Kier alpha value is -1.62. The Morgan fingerprint density at radius 2 is 2.15 bits per heavy atom. The summed E-state index contributed by atoms with van der Waals surface area (Å²) in [5.74, 6) is 0.403. The van der Waals surface area contributed by atoms with E-state index in [9.17, 15) is 8.78 Å². The third-order valence-corrected chi connectivity index (χ3v) is 2.90. The van der Waals surface area contributed by atoms with Gasteiger partial charge in [-0.1, -0.05) is 18.2 Å². The van der Waals surface area contributed by atoms with E-state index in [1.54, 1.807) is 19.1 Å². The Kier molecular flexibility index (Phi) is 5.35. The molecular formula is C15H19F2NO2. The molecule has 0 bridgehead atoms. The van der Waals surface area contributed by atoms with Crippen molar-refractivity contribution in [3.63, 3.8) is 0 Å². The van der Waals surface area contributed by atoms with Crippen LogP contribution in [0.15, 0.2) is 24.3 Å². The first-order valence-corrected chi connectivity index (χ1v) is 6.80. The molecule has 1 N–H and O–H groups in total. The Morgan fingerprint density at radius 1 is 1.35 bits per heavy atom. The average Bonchev–Trinajstić information content (AvgIpc) is 3.21. The molecule has 20 heavy (non-hydrogen) atoms. The van der Waals surface area contributed by atoms with E-state index in [1.165, 1.54) is 18.9 Å². The van der Waals surface area contributed by atoms with Crippen LogP contribution >= 0.6 is 0 Å². The Morgan fingerprint density at radius 3 is 2.80 bits per heavy atom. The second-order valence-electron chi connectivity index (χ2n) is 4.60. The molecule has 5 heteroatoms. The van der Waals surface area contributed by atoms with Gasteiger partial charge in [0.15, 0.2) is 11.5 Å². The Balaban J connectivity index is 1.99. The maximum absolute atomic E-state index is 12.3. The molecule has 0 radical (unpaired) electrons. The molecule has 1 saturated carbocycles. The monoisotopic (exact) mass is 283 g/mol. The van der Waals surface area contributed by atoms with Gasteiger partial charge < -0.3 is 14.8 Å². The van der Waals surface area contributed by atoms with Crippen LogP contribution in [0.2, 0.25) is 0 Å². The first kappa shape index (κ1) is 14.8. The van der Waals surface area contributed by atoms with Crippen molar-refractivity contribution in [1.29, 1.82) is 0 Å². The van der Waals surface area contributed by atoms with Crippen molar-refractivity contribution < 1.29 is 18.3 Å². The molecule has 0 unspecified atom stereocenters. The minimum absolute atomic E-state index is 0.0649. The van der Waals surface area contributed by atoms with Crippen molar-refractivity contribution in [1.82, 2.24) is 5.32 Å². The van der Waals surface area contributed by atoms with Gasteiger partial charge in [0, 0.05) is 12.6 Å². The Bertz CT molecular complexity index is 459. The molecule has 1 aromatic rings. The molecule has 1 aromatic carbocycles. The number of halogens is 2. The number of hydrogen-bond acceptors (Lipinski definition) is 3. The highest BCUT2D eigenvalue weighted by atomic mass is 19.3. The lowest BCUT2D eigenvalue weighted by atomic mass is 10.2. The third kappa shape index (κ3) is 4.81. The largest absolute Gasteiger partial charge is 0.490 e. The third-order valence-electron chi connectivity index (χ3n) is 2.90. The molecule has 0 aliphatic heterocycles. The van der Waals surface area contributed by atoms with Crippen molar-refractivity contribution in [3.05, 3.63) is 29.8 Å². The summed E-state index contributed by atoms with van der Waals surface area (Å²) in [7, 11) is 0. The maximum Gasteiger partial charge on any atom is 0.387 e. The molecule has 3 nitrogen and oxygen atoms in total. The highest BCUT2D eigenvalue weighted by molar-refractivity contribution is 5.56. The van der Waals surface area contributed by atoms with Crippen LogP contribution < -0.4 is 14.8 Å². The summed E-state index contributed by atoms with van der Waals surface area (Å²) < 4.78 is 34.3. The highest BCUT2D eigenvalue weighted by Crippen LogP contribution is 2.30. The van der Waals surface area contributed by atoms with Crippen LogP contribution in [0.5, 0.6) is 11.5 Å². The minimum Gasteiger partial charge on any atom is -0.490 e. The second kappa shape index (κ2) is 7.24. The smallest absolute Gasteiger partial charge is 0.387 e. The zero-order valence-electron chi connectivity index (χ0n) is 11.4. The van der Waals surface area contributed by atoms with Gasteiger partial charge in [-0.25, -0.2) is 0 Å². The van der Waals surface area contributed by atoms with Gasteiger partial charge in [0.05, 0.1) is 6.61 Å². The van der Waals surface area contributed by atoms with Crippen LogP contribution in [0.1, 0.15) is 25.3 Å². The quantitative estimate of drug-likeness (QED) is 0.792. The first-order valence-electron chi connectivity index (χ1n) is 6.80. The lowest BCUT2D eigenvalue weighted by molar-refractivity contribution is -0.0514. The van der Waals surface area contributed by atoms with Crippen molar-refractivity contribution in [2.45, 2.75) is 32.4 Å². The van der Waals surface area contributed by atoms with E-state index in [0.717, 1.165) is 12.1 Å². The molecule has 110 valence electrons. The van der Waals surface area contributed by atoms with Gasteiger partial charge in [0.25, 0.3) is 0 Å². The van der Waals surface area contributed by atoms with Gasteiger partial charge in [-0.3, -0.25) is 0 Å². The van der Waals surface area contributed by atoms with Crippen molar-refractivity contribution in [2.24, 2.45) is 0 Å². The highest BCUT2D eigenvalue weighted by Gasteiger charge is 2.18. The van der Waals surface area contributed by atoms with E-state index in [2.05, 4.69) is 10.1 Å². The molecule has 0 atom stereocenters. The van der Waals surface area contributed by atoms with Crippen LogP contribution in [-0.4, -0.2) is 25.8 Å². The average molecular weight is 283 g/mol. The number of benzene rings is 1. The van der Waals surface area contributed by atoms with Crippen molar-refractivity contribution in [2.75, 3.05) is 13.2 Å². The van der Waals surface area contributed by atoms with Crippen LogP contribution in [0, 0.1) is 0 Å². The summed E-state index contributed by atoms with van der Waals surface area (Å²) >= 11 is 0. The van der Waals surface area contributed by atoms with Crippen LogP contribution in [-0.2, 0) is 0 Å². The number of rotatable bonds is 8. The predicted octanol–water partition coefficient (Wildman–Crippen LogP) is 3.45.